The van der Waals surface area contributed by atoms with E-state index in [0.717, 1.165) is 17.1 Å². The van der Waals surface area contributed by atoms with Gasteiger partial charge in [-0.25, -0.2) is 0 Å². The zero-order valence-electron chi connectivity index (χ0n) is 16.6. The third-order valence-electron chi connectivity index (χ3n) is 3.71. The maximum absolute atomic E-state index is 5.61. The molecular formula is C17H33N3O3Si. The maximum atomic E-state index is 5.61. The van der Waals surface area contributed by atoms with Crippen LogP contribution in [0.3, 0.4) is 0 Å². The lowest BCUT2D eigenvalue weighted by Gasteiger charge is -2.20. The van der Waals surface area contributed by atoms with Crippen LogP contribution in [0.25, 0.3) is 0 Å². The van der Waals surface area contributed by atoms with E-state index in [-0.39, 0.29) is 17.8 Å². The first-order chi connectivity index (χ1) is 11.0. The molecule has 0 bridgehead atoms. The molecule has 0 unspecified atom stereocenters. The molecule has 0 aromatic carbocycles. The molecule has 138 valence electrons. The summed E-state index contributed by atoms with van der Waals surface area (Å²) in [6, 6.07) is 0. The van der Waals surface area contributed by atoms with E-state index in [0.29, 0.717) is 0 Å². The van der Waals surface area contributed by atoms with Crippen LogP contribution in [0.2, 0.25) is 0 Å². The maximum Gasteiger partial charge on any atom is 0.791 e. The Morgan fingerprint density at radius 2 is 0.958 bits per heavy atom. The van der Waals surface area contributed by atoms with Crippen LogP contribution in [0, 0.1) is 17.8 Å². The first-order valence-corrected chi connectivity index (χ1v) is 10.2. The lowest BCUT2D eigenvalue weighted by atomic mass is 10.1. The number of oxime groups is 3. The van der Waals surface area contributed by atoms with E-state index in [1.54, 1.807) is 0 Å². The molecule has 6 nitrogen and oxygen atoms in total. The molecule has 0 aliphatic rings. The molecule has 0 aromatic rings. The number of hydrogen-bond donors (Lipinski definition) is 0. The first kappa shape index (κ1) is 22.4. The third-order valence-corrected chi connectivity index (χ3v) is 5.24. The van der Waals surface area contributed by atoms with Gasteiger partial charge in [0.05, 0.1) is 17.1 Å². The van der Waals surface area contributed by atoms with Crippen LogP contribution in [-0.2, 0) is 13.6 Å². The van der Waals surface area contributed by atoms with Crippen LogP contribution in [0.1, 0.15) is 62.3 Å². The van der Waals surface area contributed by atoms with E-state index in [1.807, 2.05) is 62.3 Å². The van der Waals surface area contributed by atoms with Gasteiger partial charge in [-0.05, 0) is 38.5 Å². The lowest BCUT2D eigenvalue weighted by Crippen LogP contribution is -2.41. The van der Waals surface area contributed by atoms with Gasteiger partial charge in [-0.2, -0.15) is 0 Å². The predicted octanol–water partition coefficient (Wildman–Crippen LogP) is 4.80. The molecule has 7 heteroatoms. The van der Waals surface area contributed by atoms with Crippen molar-refractivity contribution in [3.8, 4) is 0 Å². The Labute approximate surface area is 148 Å². The Kier molecular flexibility index (Phi) is 9.58. The Hall–Kier alpha value is -1.63. The minimum absolute atomic E-state index is 0.253. The molecule has 0 saturated heterocycles. The molecule has 0 aliphatic heterocycles. The van der Waals surface area contributed by atoms with Gasteiger partial charge in [0, 0.05) is 5.70 Å². The molecule has 24 heavy (non-hydrogen) atoms. The predicted molar refractivity (Wildman–Crippen MR) is 103 cm³/mol. The zero-order chi connectivity index (χ0) is 18.9. The van der Waals surface area contributed by atoms with Crippen molar-refractivity contribution in [1.82, 2.24) is 0 Å². The second-order valence-corrected chi connectivity index (χ2v) is 8.91. The van der Waals surface area contributed by atoms with Crippen molar-refractivity contribution in [1.29, 1.82) is 0 Å². The van der Waals surface area contributed by atoms with Crippen LogP contribution >= 0.6 is 0 Å². The fraction of sp³-hybridized carbons (Fsp3) is 0.706. The van der Waals surface area contributed by atoms with E-state index in [9.17, 15) is 0 Å². The van der Waals surface area contributed by atoms with Gasteiger partial charge in [-0.15, -0.1) is 15.5 Å². The average Bonchev–Trinajstić information content (AvgIpc) is 2.53. The summed E-state index contributed by atoms with van der Waals surface area (Å²) >= 11 is 0. The highest BCUT2D eigenvalue weighted by molar-refractivity contribution is 6.66. The Balaban J connectivity index is 5.51. The van der Waals surface area contributed by atoms with Crippen molar-refractivity contribution >= 4 is 25.9 Å². The molecule has 0 rings (SSSR count). The summed E-state index contributed by atoms with van der Waals surface area (Å²) in [6.45, 7) is 21.6. The molecule has 0 aliphatic carbocycles. The Morgan fingerprint density at radius 3 is 1.12 bits per heavy atom. The van der Waals surface area contributed by atoms with Crippen molar-refractivity contribution in [3.63, 3.8) is 0 Å². The summed E-state index contributed by atoms with van der Waals surface area (Å²) < 4.78 is 16.8. The molecule has 0 saturated carbocycles. The van der Waals surface area contributed by atoms with Crippen molar-refractivity contribution < 1.29 is 13.6 Å². The van der Waals surface area contributed by atoms with Gasteiger partial charge in [-0.1, -0.05) is 48.1 Å². The largest absolute Gasteiger partial charge is 0.791 e. The molecule has 0 fully saturated rings. The van der Waals surface area contributed by atoms with Gasteiger partial charge in [0.2, 0.25) is 0 Å². The Bertz CT molecular complexity index is 433. The standard InChI is InChI=1S/C17H33N3O3Si/c1-11-24(21-18-15(8)12(2)3,22-19-16(9)13(4)5)23-20-17(10)14(6)7/h11-14H,1H2,2-10H3. The van der Waals surface area contributed by atoms with Crippen LogP contribution in [0.4, 0.5) is 0 Å². The topological polar surface area (TPSA) is 64.8 Å². The molecular weight excluding hydrogens is 322 g/mol. The highest BCUT2D eigenvalue weighted by Crippen LogP contribution is 2.16. The third kappa shape index (κ3) is 7.76. The van der Waals surface area contributed by atoms with Crippen LogP contribution < -0.4 is 0 Å². The zero-order valence-corrected chi connectivity index (χ0v) is 17.6. The summed E-state index contributed by atoms with van der Waals surface area (Å²) in [5, 5.41) is 12.4. The molecule has 0 amide bonds. The molecule has 0 N–H and O–H groups in total. The first-order valence-electron chi connectivity index (χ1n) is 8.36. The quantitative estimate of drug-likeness (QED) is 0.321. The van der Waals surface area contributed by atoms with Gasteiger partial charge < -0.3 is 13.6 Å². The minimum atomic E-state index is -3.39. The summed E-state index contributed by atoms with van der Waals surface area (Å²) in [5.41, 5.74) is 3.97. The van der Waals surface area contributed by atoms with Crippen molar-refractivity contribution in [3.05, 3.63) is 12.3 Å². The molecule has 0 radical (unpaired) electrons. The van der Waals surface area contributed by atoms with Gasteiger partial charge in [-0.3, -0.25) is 0 Å². The van der Waals surface area contributed by atoms with Crippen molar-refractivity contribution in [2.75, 3.05) is 0 Å². The molecule has 0 heterocycles. The number of rotatable bonds is 10. The van der Waals surface area contributed by atoms with Crippen molar-refractivity contribution in [2.45, 2.75) is 62.3 Å². The lowest BCUT2D eigenvalue weighted by molar-refractivity contribution is 0.0777. The smallest absolute Gasteiger partial charge is 0.370 e. The average molecular weight is 356 g/mol. The molecule has 0 spiro atoms. The number of nitrogens with zero attached hydrogens (tertiary/aromatic N) is 3. The van der Waals surface area contributed by atoms with E-state index in [2.05, 4.69) is 22.0 Å². The summed E-state index contributed by atoms with van der Waals surface area (Å²) in [5.74, 6) is 0.759. The Morgan fingerprint density at radius 1 is 0.708 bits per heavy atom. The molecule has 0 atom stereocenters. The van der Waals surface area contributed by atoms with E-state index in [1.165, 1.54) is 5.70 Å². The summed E-state index contributed by atoms with van der Waals surface area (Å²) in [6.07, 6.45) is 0. The van der Waals surface area contributed by atoms with Gasteiger partial charge in [0.25, 0.3) is 0 Å². The second kappa shape index (κ2) is 10.3. The monoisotopic (exact) mass is 355 g/mol. The van der Waals surface area contributed by atoms with Gasteiger partial charge in [0.15, 0.2) is 0 Å². The highest BCUT2D eigenvalue weighted by atomic mass is 28.4. The second-order valence-electron chi connectivity index (χ2n) is 6.74. The summed E-state index contributed by atoms with van der Waals surface area (Å²) in [7, 11) is -3.39. The minimum Gasteiger partial charge on any atom is -0.370 e. The van der Waals surface area contributed by atoms with Crippen molar-refractivity contribution in [2.24, 2.45) is 33.2 Å². The fourth-order valence-corrected chi connectivity index (χ4v) is 2.02. The normalized spacial score (nSPS) is 16.4. The van der Waals surface area contributed by atoms with Crippen LogP contribution in [-0.4, -0.2) is 25.9 Å². The fourth-order valence-electron chi connectivity index (χ4n) is 0.885. The molecule has 0 aromatic heterocycles. The van der Waals surface area contributed by atoms with Crippen LogP contribution in [0.15, 0.2) is 27.7 Å². The number of hydrogen-bond acceptors (Lipinski definition) is 6. The highest BCUT2D eigenvalue weighted by Gasteiger charge is 2.49. The van der Waals surface area contributed by atoms with Gasteiger partial charge >= 0.3 is 8.80 Å². The van der Waals surface area contributed by atoms with Crippen LogP contribution in [0.5, 0.6) is 0 Å². The van der Waals surface area contributed by atoms with E-state index >= 15 is 0 Å². The van der Waals surface area contributed by atoms with E-state index in [4.69, 9.17) is 13.6 Å². The van der Waals surface area contributed by atoms with E-state index < -0.39 is 8.80 Å². The van der Waals surface area contributed by atoms with Gasteiger partial charge in [0.1, 0.15) is 0 Å². The summed E-state index contributed by atoms with van der Waals surface area (Å²) in [4.78, 5) is 0. The SMILES string of the molecule is C=C[Si](ON=C(C)C(C)C)(ON=C(C)C(C)C)ON=C(C)C(C)C.